The first-order chi connectivity index (χ1) is 11.7. The fourth-order valence-corrected chi connectivity index (χ4v) is 4.17. The van der Waals surface area contributed by atoms with Gasteiger partial charge in [-0.15, -0.1) is 11.8 Å². The van der Waals surface area contributed by atoms with Crippen molar-refractivity contribution in [2.45, 2.75) is 50.5 Å². The molecule has 1 aliphatic rings. The summed E-state index contributed by atoms with van der Waals surface area (Å²) in [6, 6.07) is 8.26. The van der Waals surface area contributed by atoms with Crippen LogP contribution in [0, 0.1) is 5.92 Å². The van der Waals surface area contributed by atoms with Gasteiger partial charge >= 0.3 is 6.03 Å². The van der Waals surface area contributed by atoms with E-state index in [2.05, 4.69) is 29.4 Å². The van der Waals surface area contributed by atoms with Crippen LogP contribution in [-0.4, -0.2) is 42.9 Å². The minimum absolute atomic E-state index is 0.105. The number of amides is 2. The highest BCUT2D eigenvalue weighted by Gasteiger charge is 2.27. The van der Waals surface area contributed by atoms with E-state index in [0.717, 1.165) is 30.0 Å². The number of anilines is 1. The molecule has 0 aliphatic carbocycles. The van der Waals surface area contributed by atoms with Crippen LogP contribution < -0.4 is 10.6 Å². The van der Waals surface area contributed by atoms with Crippen LogP contribution in [0.4, 0.5) is 10.5 Å². The minimum atomic E-state index is -0.105. The fraction of sp³-hybridized carbons (Fsp3) is 0.632. The van der Waals surface area contributed by atoms with E-state index in [0.29, 0.717) is 12.0 Å². The number of hydrogen-bond acceptors (Lipinski definition) is 3. The van der Waals surface area contributed by atoms with Gasteiger partial charge < -0.3 is 10.6 Å². The van der Waals surface area contributed by atoms with Gasteiger partial charge in [-0.3, -0.25) is 4.90 Å². The molecule has 0 radical (unpaired) electrons. The van der Waals surface area contributed by atoms with Crippen molar-refractivity contribution in [1.82, 2.24) is 10.2 Å². The zero-order chi connectivity index (χ0) is 17.4. The van der Waals surface area contributed by atoms with Gasteiger partial charge in [0.1, 0.15) is 0 Å². The van der Waals surface area contributed by atoms with Crippen molar-refractivity contribution < 1.29 is 4.79 Å². The van der Waals surface area contributed by atoms with Crippen LogP contribution in [0.1, 0.15) is 39.5 Å². The van der Waals surface area contributed by atoms with Crippen LogP contribution >= 0.6 is 11.8 Å². The van der Waals surface area contributed by atoms with E-state index in [1.54, 1.807) is 11.8 Å². The molecule has 0 spiro atoms. The molecule has 0 unspecified atom stereocenters. The number of carbonyl (C=O) groups excluding carboxylic acids is 1. The lowest BCUT2D eigenvalue weighted by atomic mass is 9.93. The molecular weight excluding hydrogens is 318 g/mol. The van der Waals surface area contributed by atoms with Gasteiger partial charge in [0.15, 0.2) is 0 Å². The lowest BCUT2D eigenvalue weighted by Gasteiger charge is -2.33. The molecule has 4 nitrogen and oxygen atoms in total. The summed E-state index contributed by atoms with van der Waals surface area (Å²) in [6.07, 6.45) is 6.91. The number of para-hydroxylation sites is 1. The van der Waals surface area contributed by atoms with Gasteiger partial charge in [-0.1, -0.05) is 38.8 Å². The highest BCUT2D eigenvalue weighted by molar-refractivity contribution is 7.98. The van der Waals surface area contributed by atoms with Gasteiger partial charge in [0, 0.05) is 17.5 Å². The molecule has 1 saturated heterocycles. The number of nitrogens with one attached hydrogen (secondary N) is 2. The Kier molecular flexibility index (Phi) is 7.92. The number of benzene rings is 1. The molecule has 24 heavy (non-hydrogen) atoms. The number of urea groups is 1. The molecule has 1 aromatic carbocycles. The summed E-state index contributed by atoms with van der Waals surface area (Å²) in [5, 5.41) is 6.10. The molecular formula is C19H31N3OS. The van der Waals surface area contributed by atoms with Crippen LogP contribution in [0.3, 0.4) is 0 Å². The van der Waals surface area contributed by atoms with E-state index >= 15 is 0 Å². The average Bonchev–Trinajstić information content (AvgIpc) is 3.13. The number of carbonyl (C=O) groups is 1. The molecule has 134 valence electrons. The summed E-state index contributed by atoms with van der Waals surface area (Å²) < 4.78 is 0. The number of rotatable bonds is 8. The van der Waals surface area contributed by atoms with Gasteiger partial charge in [-0.2, -0.15) is 0 Å². The Morgan fingerprint density at radius 3 is 2.50 bits per heavy atom. The summed E-state index contributed by atoms with van der Waals surface area (Å²) in [4.78, 5) is 16.0. The standard InChI is InChI=1S/C19H31N3OS/c1-4-15(5-2)17(22-12-8-9-13-22)14-20-19(23)21-16-10-6-7-11-18(16)24-3/h6-7,10-11,15,17H,4-5,8-9,12-14H2,1-3H3,(H2,20,21,23)/t17-/m0/s1. The second-order valence-corrected chi connectivity index (χ2v) is 7.27. The lowest BCUT2D eigenvalue weighted by molar-refractivity contribution is 0.163. The van der Waals surface area contributed by atoms with Gasteiger partial charge in [-0.25, -0.2) is 4.79 Å². The number of thioether (sulfide) groups is 1. The molecule has 0 aromatic heterocycles. The number of hydrogen-bond donors (Lipinski definition) is 2. The van der Waals surface area contributed by atoms with Gasteiger partial charge in [0.25, 0.3) is 0 Å². The quantitative estimate of drug-likeness (QED) is 0.682. The smallest absolute Gasteiger partial charge is 0.319 e. The van der Waals surface area contributed by atoms with Crippen LogP contribution in [0.25, 0.3) is 0 Å². The maximum absolute atomic E-state index is 12.3. The predicted octanol–water partition coefficient (Wildman–Crippen LogP) is 4.43. The summed E-state index contributed by atoms with van der Waals surface area (Å²) in [7, 11) is 0. The largest absolute Gasteiger partial charge is 0.336 e. The van der Waals surface area contributed by atoms with E-state index < -0.39 is 0 Å². The van der Waals surface area contributed by atoms with Crippen molar-refractivity contribution in [3.8, 4) is 0 Å². The van der Waals surface area contributed by atoms with E-state index in [-0.39, 0.29) is 6.03 Å². The Bertz CT molecular complexity index is 511. The van der Waals surface area contributed by atoms with Crippen molar-refractivity contribution in [3.05, 3.63) is 24.3 Å². The zero-order valence-corrected chi connectivity index (χ0v) is 16.0. The molecule has 1 aromatic rings. The maximum Gasteiger partial charge on any atom is 0.319 e. The van der Waals surface area contributed by atoms with Crippen LogP contribution in [0.2, 0.25) is 0 Å². The topological polar surface area (TPSA) is 44.4 Å². The molecule has 2 N–H and O–H groups in total. The lowest BCUT2D eigenvalue weighted by Crippen LogP contribution is -2.47. The molecule has 2 amide bonds. The second kappa shape index (κ2) is 9.94. The number of nitrogens with zero attached hydrogens (tertiary/aromatic N) is 1. The fourth-order valence-electron chi connectivity index (χ4n) is 3.61. The summed E-state index contributed by atoms with van der Waals surface area (Å²) in [5.74, 6) is 0.641. The van der Waals surface area contributed by atoms with Crippen molar-refractivity contribution >= 4 is 23.5 Å². The Morgan fingerprint density at radius 2 is 1.88 bits per heavy atom. The van der Waals surface area contributed by atoms with Gasteiger partial charge in [-0.05, 0) is 50.2 Å². The SMILES string of the molecule is CCC(CC)[C@H](CNC(=O)Nc1ccccc1SC)N1CCCC1. The van der Waals surface area contributed by atoms with Crippen molar-refractivity contribution in [2.24, 2.45) is 5.92 Å². The highest BCUT2D eigenvalue weighted by Crippen LogP contribution is 2.25. The van der Waals surface area contributed by atoms with E-state index in [1.165, 1.54) is 25.9 Å². The Balaban J connectivity index is 1.93. The normalized spacial score (nSPS) is 16.3. The third kappa shape index (κ3) is 5.15. The molecule has 2 rings (SSSR count). The third-order valence-corrected chi connectivity index (χ3v) is 5.83. The summed E-state index contributed by atoms with van der Waals surface area (Å²) in [6.45, 7) is 7.57. The highest BCUT2D eigenvalue weighted by atomic mass is 32.2. The van der Waals surface area contributed by atoms with Crippen LogP contribution in [0.15, 0.2) is 29.2 Å². The molecule has 1 atom stereocenters. The van der Waals surface area contributed by atoms with Gasteiger partial charge in [0.05, 0.1) is 5.69 Å². The van der Waals surface area contributed by atoms with Crippen LogP contribution in [0.5, 0.6) is 0 Å². The maximum atomic E-state index is 12.3. The molecule has 0 saturated carbocycles. The predicted molar refractivity (Wildman–Crippen MR) is 104 cm³/mol. The third-order valence-electron chi connectivity index (χ3n) is 5.03. The number of likely N-dealkylation sites (tertiary alicyclic amines) is 1. The molecule has 5 heteroatoms. The van der Waals surface area contributed by atoms with Crippen molar-refractivity contribution in [3.63, 3.8) is 0 Å². The molecule has 0 bridgehead atoms. The summed E-state index contributed by atoms with van der Waals surface area (Å²) >= 11 is 1.64. The Morgan fingerprint density at radius 1 is 1.21 bits per heavy atom. The summed E-state index contributed by atoms with van der Waals surface area (Å²) in [5.41, 5.74) is 0.878. The monoisotopic (exact) mass is 349 g/mol. The average molecular weight is 350 g/mol. The Hall–Kier alpha value is -1.20. The van der Waals surface area contributed by atoms with Crippen LogP contribution in [-0.2, 0) is 0 Å². The minimum Gasteiger partial charge on any atom is -0.336 e. The first kappa shape index (κ1) is 19.1. The first-order valence-corrected chi connectivity index (χ1v) is 10.3. The molecule has 1 heterocycles. The first-order valence-electron chi connectivity index (χ1n) is 9.11. The zero-order valence-electron chi connectivity index (χ0n) is 15.2. The molecule has 1 aliphatic heterocycles. The second-order valence-electron chi connectivity index (χ2n) is 6.42. The van der Waals surface area contributed by atoms with E-state index in [1.807, 2.05) is 30.5 Å². The van der Waals surface area contributed by atoms with Crippen molar-refractivity contribution in [1.29, 1.82) is 0 Å². The van der Waals surface area contributed by atoms with E-state index in [4.69, 9.17) is 0 Å². The van der Waals surface area contributed by atoms with Gasteiger partial charge in [0.2, 0.25) is 0 Å². The van der Waals surface area contributed by atoms with Crippen molar-refractivity contribution in [2.75, 3.05) is 31.2 Å². The Labute approximate surface area is 150 Å². The van der Waals surface area contributed by atoms with E-state index in [9.17, 15) is 4.79 Å². The molecule has 1 fully saturated rings.